The summed E-state index contributed by atoms with van der Waals surface area (Å²) in [7, 11) is -2.38. The molecule has 19 heavy (non-hydrogen) atoms. The third-order valence-corrected chi connectivity index (χ3v) is 4.85. The van der Waals surface area contributed by atoms with Gasteiger partial charge < -0.3 is 5.11 Å². The molecular formula is C12H15ClN2O3S. The van der Waals surface area contributed by atoms with E-state index in [0.717, 1.165) is 4.31 Å². The molecule has 0 radical (unpaired) electrons. The Morgan fingerprint density at radius 1 is 1.53 bits per heavy atom. The Morgan fingerprint density at radius 2 is 2.16 bits per heavy atom. The van der Waals surface area contributed by atoms with E-state index in [2.05, 4.69) is 0 Å². The van der Waals surface area contributed by atoms with Gasteiger partial charge in [0.15, 0.2) is 0 Å². The minimum Gasteiger partial charge on any atom is -0.393 e. The largest absolute Gasteiger partial charge is 0.393 e. The van der Waals surface area contributed by atoms with Crippen molar-refractivity contribution in [3.8, 4) is 6.07 Å². The van der Waals surface area contributed by atoms with Crippen molar-refractivity contribution < 1.29 is 13.5 Å². The number of rotatable bonds is 5. The van der Waals surface area contributed by atoms with Gasteiger partial charge >= 0.3 is 0 Å². The van der Waals surface area contributed by atoms with Gasteiger partial charge in [-0.1, -0.05) is 17.7 Å². The minimum atomic E-state index is -3.78. The number of benzene rings is 1. The zero-order chi connectivity index (χ0) is 14.6. The third-order valence-electron chi connectivity index (χ3n) is 2.64. The van der Waals surface area contributed by atoms with Crippen LogP contribution in [-0.2, 0) is 10.0 Å². The van der Waals surface area contributed by atoms with E-state index in [1.54, 1.807) is 13.0 Å². The number of aliphatic hydroxyl groups excluding tert-OH is 1. The topological polar surface area (TPSA) is 81.4 Å². The van der Waals surface area contributed by atoms with Crippen LogP contribution in [0.2, 0.25) is 5.02 Å². The van der Waals surface area contributed by atoms with Crippen LogP contribution in [0.3, 0.4) is 0 Å². The average molecular weight is 303 g/mol. The molecule has 0 aliphatic heterocycles. The molecule has 0 bridgehead atoms. The molecule has 7 heteroatoms. The van der Waals surface area contributed by atoms with E-state index in [1.807, 2.05) is 0 Å². The van der Waals surface area contributed by atoms with Crippen molar-refractivity contribution in [1.82, 2.24) is 4.31 Å². The van der Waals surface area contributed by atoms with E-state index in [0.29, 0.717) is 6.42 Å². The van der Waals surface area contributed by atoms with E-state index in [1.165, 1.54) is 25.2 Å². The highest BCUT2D eigenvalue weighted by atomic mass is 35.5. The van der Waals surface area contributed by atoms with Crippen LogP contribution in [0.5, 0.6) is 0 Å². The molecule has 0 heterocycles. The summed E-state index contributed by atoms with van der Waals surface area (Å²) in [6.45, 7) is 1.75. The molecule has 0 aromatic heterocycles. The summed E-state index contributed by atoms with van der Waals surface area (Å²) in [6, 6.07) is 6.10. The SMILES string of the molecule is CC(O)CCN(C)S(=O)(=O)c1cccc(Cl)c1C#N. The van der Waals surface area contributed by atoms with Gasteiger partial charge in [-0.3, -0.25) is 0 Å². The zero-order valence-electron chi connectivity index (χ0n) is 10.7. The quantitative estimate of drug-likeness (QED) is 0.896. The Labute approximate surface area is 118 Å². The van der Waals surface area contributed by atoms with Gasteiger partial charge in [0, 0.05) is 13.6 Å². The molecule has 5 nitrogen and oxygen atoms in total. The molecule has 0 spiro atoms. The van der Waals surface area contributed by atoms with E-state index < -0.39 is 16.1 Å². The highest BCUT2D eigenvalue weighted by Gasteiger charge is 2.25. The summed E-state index contributed by atoms with van der Waals surface area (Å²) in [6.07, 6.45) is -0.273. The maximum absolute atomic E-state index is 12.3. The number of sulfonamides is 1. The first-order valence-electron chi connectivity index (χ1n) is 5.63. The molecule has 1 unspecified atom stereocenters. The van der Waals surface area contributed by atoms with Crippen LogP contribution < -0.4 is 0 Å². The minimum absolute atomic E-state index is 0.0620. The van der Waals surface area contributed by atoms with Crippen molar-refractivity contribution in [2.45, 2.75) is 24.3 Å². The van der Waals surface area contributed by atoms with Gasteiger partial charge in [-0.2, -0.15) is 5.26 Å². The Kier molecular flexibility index (Phi) is 5.32. The van der Waals surface area contributed by atoms with Crippen LogP contribution in [0.25, 0.3) is 0 Å². The van der Waals surface area contributed by atoms with Crippen molar-refractivity contribution >= 4 is 21.6 Å². The lowest BCUT2D eigenvalue weighted by molar-refractivity contribution is 0.177. The number of hydrogen-bond donors (Lipinski definition) is 1. The van der Waals surface area contributed by atoms with Gasteiger partial charge in [0.2, 0.25) is 10.0 Å². The maximum Gasteiger partial charge on any atom is 0.244 e. The second-order valence-electron chi connectivity index (χ2n) is 4.19. The highest BCUT2D eigenvalue weighted by molar-refractivity contribution is 7.89. The predicted molar refractivity (Wildman–Crippen MR) is 72.3 cm³/mol. The normalized spacial score (nSPS) is 13.3. The summed E-state index contributed by atoms with van der Waals surface area (Å²) >= 11 is 5.82. The fourth-order valence-electron chi connectivity index (χ4n) is 1.48. The van der Waals surface area contributed by atoms with Gasteiger partial charge in [0.05, 0.1) is 16.7 Å². The number of nitrogens with zero attached hydrogens (tertiary/aromatic N) is 2. The lowest BCUT2D eigenvalue weighted by Crippen LogP contribution is -2.30. The van der Waals surface area contributed by atoms with Crippen LogP contribution in [0.1, 0.15) is 18.9 Å². The van der Waals surface area contributed by atoms with E-state index in [4.69, 9.17) is 16.9 Å². The molecule has 0 aliphatic rings. The molecular weight excluding hydrogens is 288 g/mol. The second kappa shape index (κ2) is 6.35. The predicted octanol–water partition coefficient (Wildman–Crippen LogP) is 1.60. The van der Waals surface area contributed by atoms with Crippen molar-refractivity contribution in [1.29, 1.82) is 5.26 Å². The maximum atomic E-state index is 12.3. The summed E-state index contributed by atoms with van der Waals surface area (Å²) in [5.41, 5.74) is -0.0620. The molecule has 104 valence electrons. The Balaban J connectivity index is 3.15. The van der Waals surface area contributed by atoms with E-state index in [9.17, 15) is 13.5 Å². The lowest BCUT2D eigenvalue weighted by Gasteiger charge is -2.18. The van der Waals surface area contributed by atoms with Gasteiger partial charge in [-0.15, -0.1) is 0 Å². The van der Waals surface area contributed by atoms with Gasteiger partial charge in [-0.25, -0.2) is 12.7 Å². The summed E-state index contributed by atoms with van der Waals surface area (Å²) < 4.78 is 25.7. The first-order chi connectivity index (χ1) is 8.80. The molecule has 1 aromatic carbocycles. The molecule has 0 saturated heterocycles. The second-order valence-corrected chi connectivity index (χ2v) is 6.61. The molecule has 1 atom stereocenters. The fraction of sp³-hybridized carbons (Fsp3) is 0.417. The first kappa shape index (κ1) is 15.9. The highest BCUT2D eigenvalue weighted by Crippen LogP contribution is 2.25. The van der Waals surface area contributed by atoms with Crippen molar-refractivity contribution in [3.05, 3.63) is 28.8 Å². The number of halogens is 1. The zero-order valence-corrected chi connectivity index (χ0v) is 12.2. The number of aliphatic hydroxyl groups is 1. The van der Waals surface area contributed by atoms with Crippen LogP contribution in [0, 0.1) is 11.3 Å². The van der Waals surface area contributed by atoms with Gasteiger partial charge in [0.25, 0.3) is 0 Å². The summed E-state index contributed by atoms with van der Waals surface area (Å²) in [4.78, 5) is -0.115. The summed E-state index contributed by atoms with van der Waals surface area (Å²) in [5.74, 6) is 0. The Hall–Kier alpha value is -1.13. The van der Waals surface area contributed by atoms with E-state index in [-0.39, 0.29) is 22.0 Å². The van der Waals surface area contributed by atoms with Crippen LogP contribution in [-0.4, -0.2) is 37.5 Å². The monoisotopic (exact) mass is 302 g/mol. The lowest BCUT2D eigenvalue weighted by atomic mass is 10.2. The van der Waals surface area contributed by atoms with Gasteiger partial charge in [0.1, 0.15) is 11.0 Å². The Bertz CT molecular complexity index is 593. The van der Waals surface area contributed by atoms with Crippen LogP contribution in [0.4, 0.5) is 0 Å². The number of hydrogen-bond acceptors (Lipinski definition) is 4. The molecule has 1 rings (SSSR count). The molecule has 0 aliphatic carbocycles. The van der Waals surface area contributed by atoms with E-state index >= 15 is 0 Å². The van der Waals surface area contributed by atoms with Crippen molar-refractivity contribution in [2.75, 3.05) is 13.6 Å². The average Bonchev–Trinajstić information content (AvgIpc) is 2.35. The fourth-order valence-corrected chi connectivity index (χ4v) is 3.10. The third kappa shape index (κ3) is 3.67. The van der Waals surface area contributed by atoms with Crippen LogP contribution >= 0.6 is 11.6 Å². The molecule has 0 amide bonds. The molecule has 1 aromatic rings. The number of nitriles is 1. The first-order valence-corrected chi connectivity index (χ1v) is 7.45. The van der Waals surface area contributed by atoms with Crippen molar-refractivity contribution in [2.24, 2.45) is 0 Å². The van der Waals surface area contributed by atoms with Gasteiger partial charge in [-0.05, 0) is 25.5 Å². The van der Waals surface area contributed by atoms with Crippen LogP contribution in [0.15, 0.2) is 23.1 Å². The summed E-state index contributed by atoms with van der Waals surface area (Å²) in [5, 5.41) is 18.3. The van der Waals surface area contributed by atoms with Crippen molar-refractivity contribution in [3.63, 3.8) is 0 Å². The molecule has 1 N–H and O–H groups in total. The standard InChI is InChI=1S/C12H15ClN2O3S/c1-9(16)6-7-15(2)19(17,18)12-5-3-4-11(13)10(12)8-14/h3-5,9,16H,6-7H2,1-2H3. The smallest absolute Gasteiger partial charge is 0.244 e. The molecule has 0 fully saturated rings. The Morgan fingerprint density at radius 3 is 2.68 bits per heavy atom. The molecule has 0 saturated carbocycles.